The molecule has 0 aliphatic carbocycles. The lowest BCUT2D eigenvalue weighted by atomic mass is 10.2. The minimum atomic E-state index is -0.0802. The Morgan fingerprint density at radius 1 is 1.17 bits per heavy atom. The summed E-state index contributed by atoms with van der Waals surface area (Å²) in [6.07, 6.45) is 4.56. The molecular weight excluding hydrogens is 302 g/mol. The topological polar surface area (TPSA) is 55.6 Å². The van der Waals surface area contributed by atoms with Crippen LogP contribution >= 0.6 is 0 Å². The lowest BCUT2D eigenvalue weighted by molar-refractivity contribution is 0.0944. The van der Waals surface area contributed by atoms with Gasteiger partial charge < -0.3 is 14.5 Å². The molecule has 24 heavy (non-hydrogen) atoms. The minimum absolute atomic E-state index is 0.0802. The van der Waals surface area contributed by atoms with Gasteiger partial charge in [0.05, 0.1) is 11.3 Å². The third kappa shape index (κ3) is 3.81. The van der Waals surface area contributed by atoms with Gasteiger partial charge in [-0.2, -0.15) is 0 Å². The van der Waals surface area contributed by atoms with Gasteiger partial charge >= 0.3 is 0 Å². The summed E-state index contributed by atoms with van der Waals surface area (Å²) in [6.45, 7) is 3.94. The second kappa shape index (κ2) is 7.75. The molecule has 2 heterocycles. The van der Waals surface area contributed by atoms with E-state index in [4.69, 9.17) is 4.74 Å². The summed E-state index contributed by atoms with van der Waals surface area (Å²) in [7, 11) is 0. The monoisotopic (exact) mass is 323 g/mol. The number of carbonyl (C=O) groups is 1. The highest BCUT2D eigenvalue weighted by atomic mass is 16.5. The highest BCUT2D eigenvalue weighted by Gasteiger charge is 2.08. The number of ether oxygens (including phenoxy) is 1. The van der Waals surface area contributed by atoms with Crippen LogP contribution in [0.2, 0.25) is 0 Å². The average molecular weight is 323 g/mol. The van der Waals surface area contributed by atoms with Gasteiger partial charge in [-0.05, 0) is 25.5 Å². The van der Waals surface area contributed by atoms with Crippen LogP contribution in [0.4, 0.5) is 0 Å². The number of aromatic nitrogens is 2. The maximum absolute atomic E-state index is 12.2. The Kier molecular flexibility index (Phi) is 5.23. The number of rotatable bonds is 7. The van der Waals surface area contributed by atoms with Crippen LogP contribution in [-0.4, -0.2) is 35.1 Å². The molecule has 3 aromatic rings. The standard InChI is InChI=1S/C19H21N3O2/c1-2-24-12-6-11-20-19(23)16-9-10-18-21-17(14-22(18)13-16)15-7-4-3-5-8-15/h3-5,7-10,13-14H,2,6,11-12H2,1H3,(H,20,23). The first-order valence-electron chi connectivity index (χ1n) is 8.18. The van der Waals surface area contributed by atoms with E-state index in [0.29, 0.717) is 25.3 Å². The van der Waals surface area contributed by atoms with E-state index in [1.807, 2.05) is 60.1 Å². The van der Waals surface area contributed by atoms with Crippen molar-refractivity contribution in [2.45, 2.75) is 13.3 Å². The molecule has 1 N–H and O–H groups in total. The molecule has 0 fully saturated rings. The zero-order chi connectivity index (χ0) is 16.8. The van der Waals surface area contributed by atoms with Crippen molar-refractivity contribution >= 4 is 11.6 Å². The molecule has 124 valence electrons. The summed E-state index contributed by atoms with van der Waals surface area (Å²) in [6, 6.07) is 13.7. The Hall–Kier alpha value is -2.66. The minimum Gasteiger partial charge on any atom is -0.382 e. The van der Waals surface area contributed by atoms with Crippen molar-refractivity contribution in [2.24, 2.45) is 0 Å². The van der Waals surface area contributed by atoms with Gasteiger partial charge in [0.25, 0.3) is 5.91 Å². The first-order valence-corrected chi connectivity index (χ1v) is 8.18. The fourth-order valence-corrected chi connectivity index (χ4v) is 2.50. The molecule has 5 heteroatoms. The molecule has 3 rings (SSSR count). The highest BCUT2D eigenvalue weighted by Crippen LogP contribution is 2.19. The number of hydrogen-bond acceptors (Lipinski definition) is 3. The summed E-state index contributed by atoms with van der Waals surface area (Å²) in [4.78, 5) is 16.8. The SMILES string of the molecule is CCOCCCNC(=O)c1ccc2nc(-c3ccccc3)cn2c1. The number of nitrogens with zero attached hydrogens (tertiary/aromatic N) is 2. The summed E-state index contributed by atoms with van der Waals surface area (Å²) in [5, 5.41) is 2.91. The average Bonchev–Trinajstić information content (AvgIpc) is 3.05. The third-order valence-electron chi connectivity index (χ3n) is 3.74. The number of amides is 1. The summed E-state index contributed by atoms with van der Waals surface area (Å²) in [5.74, 6) is -0.0802. The molecule has 0 spiro atoms. The second-order valence-corrected chi connectivity index (χ2v) is 5.48. The molecule has 0 unspecified atom stereocenters. The molecule has 1 aromatic carbocycles. The number of fused-ring (bicyclic) bond motifs is 1. The van der Waals surface area contributed by atoms with Gasteiger partial charge in [-0.1, -0.05) is 30.3 Å². The van der Waals surface area contributed by atoms with E-state index < -0.39 is 0 Å². The molecule has 0 atom stereocenters. The molecule has 0 radical (unpaired) electrons. The number of benzene rings is 1. The van der Waals surface area contributed by atoms with Gasteiger partial charge in [0.15, 0.2) is 0 Å². The lowest BCUT2D eigenvalue weighted by Crippen LogP contribution is -2.25. The predicted molar refractivity (Wildman–Crippen MR) is 94.1 cm³/mol. The molecular formula is C19H21N3O2. The predicted octanol–water partition coefficient (Wildman–Crippen LogP) is 3.16. The molecule has 0 saturated heterocycles. The maximum Gasteiger partial charge on any atom is 0.252 e. The van der Waals surface area contributed by atoms with Crippen LogP contribution < -0.4 is 5.32 Å². The number of hydrogen-bond donors (Lipinski definition) is 1. The fraction of sp³-hybridized carbons (Fsp3) is 0.263. The molecule has 2 aromatic heterocycles. The van der Waals surface area contributed by atoms with Gasteiger partial charge in [0.1, 0.15) is 5.65 Å². The Labute approximate surface area is 141 Å². The van der Waals surface area contributed by atoms with Gasteiger partial charge in [0, 0.05) is 37.7 Å². The van der Waals surface area contributed by atoms with E-state index >= 15 is 0 Å². The normalized spacial score (nSPS) is 10.9. The van der Waals surface area contributed by atoms with Crippen molar-refractivity contribution in [2.75, 3.05) is 19.8 Å². The number of carbonyl (C=O) groups excluding carboxylic acids is 1. The third-order valence-corrected chi connectivity index (χ3v) is 3.74. The van der Waals surface area contributed by atoms with E-state index in [1.165, 1.54) is 0 Å². The fourth-order valence-electron chi connectivity index (χ4n) is 2.50. The van der Waals surface area contributed by atoms with Crippen molar-refractivity contribution in [3.05, 3.63) is 60.4 Å². The Morgan fingerprint density at radius 2 is 2.00 bits per heavy atom. The van der Waals surface area contributed by atoms with E-state index in [0.717, 1.165) is 23.3 Å². The van der Waals surface area contributed by atoms with Crippen LogP contribution in [0.15, 0.2) is 54.9 Å². The molecule has 0 aliphatic rings. The second-order valence-electron chi connectivity index (χ2n) is 5.48. The Bertz CT molecular complexity index is 812. The van der Waals surface area contributed by atoms with E-state index in [2.05, 4.69) is 10.3 Å². The van der Waals surface area contributed by atoms with Crippen LogP contribution in [-0.2, 0) is 4.74 Å². The zero-order valence-corrected chi connectivity index (χ0v) is 13.7. The van der Waals surface area contributed by atoms with E-state index in [-0.39, 0.29) is 5.91 Å². The van der Waals surface area contributed by atoms with Crippen molar-refractivity contribution in [3.63, 3.8) is 0 Å². The number of pyridine rings is 1. The van der Waals surface area contributed by atoms with E-state index in [1.54, 1.807) is 6.07 Å². The highest BCUT2D eigenvalue weighted by molar-refractivity contribution is 5.94. The van der Waals surface area contributed by atoms with Crippen molar-refractivity contribution < 1.29 is 9.53 Å². The van der Waals surface area contributed by atoms with Crippen LogP contribution in [0.3, 0.4) is 0 Å². The molecule has 0 bridgehead atoms. The zero-order valence-electron chi connectivity index (χ0n) is 13.7. The number of nitrogens with one attached hydrogen (secondary N) is 1. The van der Waals surface area contributed by atoms with Crippen LogP contribution in [0.25, 0.3) is 16.9 Å². The van der Waals surface area contributed by atoms with Gasteiger partial charge in [-0.3, -0.25) is 4.79 Å². The molecule has 0 aliphatic heterocycles. The summed E-state index contributed by atoms with van der Waals surface area (Å²) >= 11 is 0. The van der Waals surface area contributed by atoms with Crippen molar-refractivity contribution in [1.82, 2.24) is 14.7 Å². The largest absolute Gasteiger partial charge is 0.382 e. The van der Waals surface area contributed by atoms with Gasteiger partial charge in [0.2, 0.25) is 0 Å². The Balaban J connectivity index is 1.70. The Morgan fingerprint density at radius 3 is 2.79 bits per heavy atom. The van der Waals surface area contributed by atoms with Crippen LogP contribution in [0, 0.1) is 0 Å². The van der Waals surface area contributed by atoms with Crippen LogP contribution in [0.5, 0.6) is 0 Å². The summed E-state index contributed by atoms with van der Waals surface area (Å²) < 4.78 is 7.15. The van der Waals surface area contributed by atoms with Crippen molar-refractivity contribution in [1.29, 1.82) is 0 Å². The summed E-state index contributed by atoms with van der Waals surface area (Å²) in [5.41, 5.74) is 3.39. The first-order chi connectivity index (χ1) is 11.8. The smallest absolute Gasteiger partial charge is 0.252 e. The number of imidazole rings is 1. The van der Waals surface area contributed by atoms with Crippen LogP contribution in [0.1, 0.15) is 23.7 Å². The molecule has 0 saturated carbocycles. The quantitative estimate of drug-likeness (QED) is 0.680. The van der Waals surface area contributed by atoms with Crippen molar-refractivity contribution in [3.8, 4) is 11.3 Å². The first kappa shape index (κ1) is 16.2. The lowest BCUT2D eigenvalue weighted by Gasteiger charge is -2.05. The van der Waals surface area contributed by atoms with Gasteiger partial charge in [-0.15, -0.1) is 0 Å². The van der Waals surface area contributed by atoms with Gasteiger partial charge in [-0.25, -0.2) is 4.98 Å². The maximum atomic E-state index is 12.2. The molecule has 5 nitrogen and oxygen atoms in total. The van der Waals surface area contributed by atoms with E-state index in [9.17, 15) is 4.79 Å². The molecule has 1 amide bonds.